The number of hydrogen-bond acceptors (Lipinski definition) is 9. The Labute approximate surface area is 234 Å². The van der Waals surface area contributed by atoms with Gasteiger partial charge in [-0.2, -0.15) is 0 Å². The van der Waals surface area contributed by atoms with Gasteiger partial charge in [-0.1, -0.05) is 6.07 Å². The van der Waals surface area contributed by atoms with Crippen LogP contribution in [0, 0.1) is 11.6 Å². The lowest BCUT2D eigenvalue weighted by molar-refractivity contribution is -0.115. The number of aromatic nitrogens is 3. The largest absolute Gasteiger partial charge is 0.493 e. The lowest BCUT2D eigenvalue weighted by Gasteiger charge is -2.21. The maximum atomic E-state index is 13.9. The fourth-order valence-corrected chi connectivity index (χ4v) is 5.52. The molecule has 0 radical (unpaired) electrons. The first-order valence-corrected chi connectivity index (χ1v) is 13.9. The summed E-state index contributed by atoms with van der Waals surface area (Å²) in [6, 6.07) is 7.91. The number of carbonyl (C=O) groups is 1. The number of methoxy groups -OCH3 is 1. The van der Waals surface area contributed by atoms with E-state index in [0.29, 0.717) is 50.9 Å². The number of fused-ring (bicyclic) bond motifs is 1. The molecule has 1 aliphatic rings. The Balaban J connectivity index is 1.23. The van der Waals surface area contributed by atoms with Gasteiger partial charge < -0.3 is 25.0 Å². The molecule has 9 nitrogen and oxygen atoms in total. The Morgan fingerprint density at radius 3 is 2.88 bits per heavy atom. The van der Waals surface area contributed by atoms with Crippen molar-refractivity contribution in [1.29, 1.82) is 0 Å². The van der Waals surface area contributed by atoms with E-state index in [0.717, 1.165) is 25.6 Å². The second-order valence-corrected chi connectivity index (χ2v) is 10.7. The number of ether oxygens (including phenoxy) is 2. The molecule has 2 aromatic carbocycles. The molecule has 5 rings (SSSR count). The van der Waals surface area contributed by atoms with Gasteiger partial charge in [0.05, 0.1) is 31.3 Å². The van der Waals surface area contributed by atoms with Crippen molar-refractivity contribution in [2.24, 2.45) is 0 Å². The maximum absolute atomic E-state index is 13.9. The number of likely N-dealkylation sites (tertiary alicyclic amines) is 1. The van der Waals surface area contributed by atoms with E-state index in [1.165, 1.54) is 42.6 Å². The second kappa shape index (κ2) is 12.5. The van der Waals surface area contributed by atoms with E-state index in [4.69, 9.17) is 9.47 Å². The summed E-state index contributed by atoms with van der Waals surface area (Å²) in [5.74, 6) is -0.905. The normalized spacial score (nSPS) is 15.3. The molecule has 4 aromatic rings. The van der Waals surface area contributed by atoms with Gasteiger partial charge in [-0.25, -0.2) is 23.7 Å². The van der Waals surface area contributed by atoms with Crippen LogP contribution in [0.1, 0.15) is 31.1 Å². The molecule has 0 spiro atoms. The minimum Gasteiger partial charge on any atom is -0.493 e. The number of thiazole rings is 1. The molecule has 0 bridgehead atoms. The zero-order valence-corrected chi connectivity index (χ0v) is 23.1. The molecule has 2 aromatic heterocycles. The van der Waals surface area contributed by atoms with Crippen LogP contribution in [0.3, 0.4) is 0 Å². The Morgan fingerprint density at radius 1 is 1.20 bits per heavy atom. The molecule has 1 amide bonds. The van der Waals surface area contributed by atoms with E-state index in [-0.39, 0.29) is 12.1 Å². The van der Waals surface area contributed by atoms with Gasteiger partial charge in [-0.05, 0) is 50.9 Å². The highest BCUT2D eigenvalue weighted by Gasteiger charge is 2.20. The standard InChI is InChI=1S/C28H30F2N6O3S/c1-17-6-4-9-36(17)10-5-11-39-24-14-22-19(13-23(24)38-2)27(33-16-32-22)35-28-31-15-18(40-28)12-25(37)34-21-8-3-7-20(29)26(21)30/h3,7-8,13-17H,4-6,9-12H2,1-2H3,(H,34,37)(H,31,32,33,35)/t17-/m0/s1. The lowest BCUT2D eigenvalue weighted by Crippen LogP contribution is -2.28. The van der Waals surface area contributed by atoms with Crippen molar-refractivity contribution in [3.05, 3.63) is 59.4 Å². The predicted molar refractivity (Wildman–Crippen MR) is 151 cm³/mol. The van der Waals surface area contributed by atoms with Crippen molar-refractivity contribution < 1.29 is 23.0 Å². The average Bonchev–Trinajstić information content (AvgIpc) is 3.56. The highest BCUT2D eigenvalue weighted by atomic mass is 32.1. The number of hydrogen-bond donors (Lipinski definition) is 2. The summed E-state index contributed by atoms with van der Waals surface area (Å²) in [5.41, 5.74) is 0.466. The van der Waals surface area contributed by atoms with Crippen LogP contribution >= 0.6 is 11.3 Å². The van der Waals surface area contributed by atoms with E-state index in [9.17, 15) is 13.6 Å². The van der Waals surface area contributed by atoms with Gasteiger partial charge >= 0.3 is 0 Å². The van der Waals surface area contributed by atoms with Gasteiger partial charge in [-0.3, -0.25) is 4.79 Å². The fraction of sp³-hybridized carbons (Fsp3) is 0.357. The number of halogens is 2. The third kappa shape index (κ3) is 6.45. The molecule has 210 valence electrons. The molecular formula is C28H30F2N6O3S. The lowest BCUT2D eigenvalue weighted by atomic mass is 10.2. The van der Waals surface area contributed by atoms with Crippen LogP contribution in [0.25, 0.3) is 10.9 Å². The number of anilines is 3. The van der Waals surface area contributed by atoms with Crippen molar-refractivity contribution in [2.75, 3.05) is 37.4 Å². The van der Waals surface area contributed by atoms with Crippen LogP contribution in [0.4, 0.5) is 25.4 Å². The summed E-state index contributed by atoms with van der Waals surface area (Å²) >= 11 is 1.25. The van der Waals surface area contributed by atoms with Crippen LogP contribution in [-0.2, 0) is 11.2 Å². The molecule has 12 heteroatoms. The first-order valence-electron chi connectivity index (χ1n) is 13.1. The second-order valence-electron chi connectivity index (χ2n) is 9.55. The Hall–Kier alpha value is -3.90. The van der Waals surface area contributed by atoms with E-state index in [2.05, 4.69) is 37.4 Å². The van der Waals surface area contributed by atoms with Crippen LogP contribution in [0.15, 0.2) is 42.9 Å². The molecule has 40 heavy (non-hydrogen) atoms. The fourth-order valence-electron chi connectivity index (χ4n) is 4.71. The summed E-state index contributed by atoms with van der Waals surface area (Å²) < 4.78 is 38.9. The molecule has 2 N–H and O–H groups in total. The van der Waals surface area contributed by atoms with Gasteiger partial charge in [0, 0.05) is 35.1 Å². The number of benzene rings is 2. The number of rotatable bonds is 11. The summed E-state index contributed by atoms with van der Waals surface area (Å²) in [6.07, 6.45) is 6.38. The van der Waals surface area contributed by atoms with Crippen molar-refractivity contribution in [3.8, 4) is 11.5 Å². The van der Waals surface area contributed by atoms with E-state index in [1.54, 1.807) is 13.3 Å². The van der Waals surface area contributed by atoms with E-state index in [1.807, 2.05) is 12.1 Å². The molecule has 1 fully saturated rings. The summed E-state index contributed by atoms with van der Waals surface area (Å²) in [5, 5.41) is 6.79. The van der Waals surface area contributed by atoms with Gasteiger partial charge in [0.2, 0.25) is 5.91 Å². The molecule has 3 heterocycles. The minimum atomic E-state index is -1.10. The summed E-state index contributed by atoms with van der Waals surface area (Å²) in [6.45, 7) is 5.00. The van der Waals surface area contributed by atoms with Crippen molar-refractivity contribution in [2.45, 2.75) is 38.6 Å². The van der Waals surface area contributed by atoms with Gasteiger partial charge in [0.25, 0.3) is 0 Å². The van der Waals surface area contributed by atoms with Crippen molar-refractivity contribution in [1.82, 2.24) is 19.9 Å². The van der Waals surface area contributed by atoms with Gasteiger partial charge in [-0.15, -0.1) is 11.3 Å². The first-order chi connectivity index (χ1) is 19.4. The Morgan fingerprint density at radius 2 is 2.08 bits per heavy atom. The number of carbonyl (C=O) groups excluding carboxylic acids is 1. The number of amides is 1. The molecule has 1 aliphatic heterocycles. The van der Waals surface area contributed by atoms with E-state index >= 15 is 0 Å². The average molecular weight is 569 g/mol. The van der Waals surface area contributed by atoms with Gasteiger partial charge in [0.15, 0.2) is 28.3 Å². The number of nitrogens with zero attached hydrogens (tertiary/aromatic N) is 4. The molecular weight excluding hydrogens is 538 g/mol. The van der Waals surface area contributed by atoms with Gasteiger partial charge in [0.1, 0.15) is 12.1 Å². The smallest absolute Gasteiger partial charge is 0.229 e. The molecule has 1 saturated heterocycles. The molecule has 0 unspecified atom stereocenters. The third-order valence-corrected chi connectivity index (χ3v) is 7.71. The maximum Gasteiger partial charge on any atom is 0.229 e. The van der Waals surface area contributed by atoms with Crippen molar-refractivity contribution in [3.63, 3.8) is 0 Å². The van der Waals surface area contributed by atoms with Crippen LogP contribution in [-0.4, -0.2) is 58.6 Å². The minimum absolute atomic E-state index is 0.0506. The van der Waals surface area contributed by atoms with E-state index < -0.39 is 17.5 Å². The SMILES string of the molecule is COc1cc2c(Nc3ncc(CC(=O)Nc4cccc(F)c4F)s3)ncnc2cc1OCCCN1CCC[C@@H]1C. The highest BCUT2D eigenvalue weighted by molar-refractivity contribution is 7.15. The molecule has 0 saturated carbocycles. The van der Waals surface area contributed by atoms with Crippen molar-refractivity contribution >= 4 is 44.8 Å². The molecule has 0 aliphatic carbocycles. The Bertz CT molecular complexity index is 1500. The summed E-state index contributed by atoms with van der Waals surface area (Å²) in [7, 11) is 1.59. The Kier molecular flexibility index (Phi) is 8.66. The zero-order valence-electron chi connectivity index (χ0n) is 22.2. The van der Waals surface area contributed by atoms with Crippen LogP contribution in [0.2, 0.25) is 0 Å². The monoisotopic (exact) mass is 568 g/mol. The first kappa shape index (κ1) is 27.7. The topological polar surface area (TPSA) is 102 Å². The van der Waals surface area contributed by atoms with Crippen LogP contribution in [0.5, 0.6) is 11.5 Å². The number of nitrogens with one attached hydrogen (secondary N) is 2. The highest BCUT2D eigenvalue weighted by Crippen LogP contribution is 2.35. The van der Waals surface area contributed by atoms with Crippen LogP contribution < -0.4 is 20.1 Å². The molecule has 1 atom stereocenters. The third-order valence-electron chi connectivity index (χ3n) is 6.80. The quantitative estimate of drug-likeness (QED) is 0.227. The zero-order chi connectivity index (χ0) is 28.1. The predicted octanol–water partition coefficient (Wildman–Crippen LogP) is 5.55. The summed E-state index contributed by atoms with van der Waals surface area (Å²) in [4.78, 5) is 28.6.